The number of alkyl carbamates (subject to hydrolysis) is 1. The van der Waals surface area contributed by atoms with Crippen LogP contribution in [0.1, 0.15) is 108 Å². The van der Waals surface area contributed by atoms with Crippen LogP contribution < -0.4 is 27.0 Å². The number of carboxylic acids is 2. The normalized spacial score (nSPS) is 14.9. The van der Waals surface area contributed by atoms with Crippen molar-refractivity contribution in [1.82, 2.24) is 21.3 Å². The van der Waals surface area contributed by atoms with Crippen molar-refractivity contribution < 1.29 is 134 Å². The standard InChI is InChI=1S/C34H34BrF7N6O11P2.C23H25NO6.C8H6Br2N2.W/c35-23-12-19(11-22(15-23)31(47-48-31)34(40,41)42)16-44-24(9-10-27(49)50)29(52)46-26(14-18-3-7-21(8-4-18)33(38,39)61(57,58)59)30(53)45-25(28(43)51)13-17-1-5-20(6-2-17)32(36,37)60(54,55)56;1-23(2,3)30-20(25)12-19(21(26)27)24-22(28)29-13-18-16-10-6-4-8-14(16)15-9-5-7-11-17(15)18;9-4-5-1-6(8-11-12-8)3-7(10)2-5;/h1-8,11-12,15,24-26,44H,9-10,13-14,16H2,(H2,43,51)(H,45,53)(H,46,52)(H,49,50)(H2,54,55,56)(H2,57,58,59);4-11,18-19H,12-13H2,1-3H3,(H,24,28)(H,26,27);1-3,8H,4H2;/t24-,25-,26-;19-;;/m00../s1. The third-order valence-electron chi connectivity index (χ3n) is 15.5. The molecule has 9 rings (SSSR count). The Morgan fingerprint density at radius 2 is 1.11 bits per heavy atom. The Balaban J connectivity index is 0.000000321. The van der Waals surface area contributed by atoms with Gasteiger partial charge in [0.25, 0.3) is 0 Å². The smallest absolute Gasteiger partial charge is 0.442 e. The molecule has 0 saturated heterocycles. The van der Waals surface area contributed by atoms with E-state index in [1.54, 1.807) is 20.8 Å². The second-order valence-corrected chi connectivity index (χ2v) is 30.1. The van der Waals surface area contributed by atoms with Gasteiger partial charge in [0, 0.05) is 89.3 Å². The minimum atomic E-state index is -5.99. The van der Waals surface area contributed by atoms with Crippen LogP contribution in [-0.4, -0.2) is 114 Å². The van der Waals surface area contributed by atoms with Crippen molar-refractivity contribution in [2.24, 2.45) is 26.2 Å². The number of carboxylic acid groups (broad SMARTS) is 2. The molecular weight excluding hydrogens is 1800 g/mol. The molecule has 0 fully saturated rings. The number of nitrogens with zero attached hydrogens (tertiary/aromatic N) is 4. The number of hydrogen-bond acceptors (Lipinski definition) is 16. The maximum atomic E-state index is 14.3. The summed E-state index contributed by atoms with van der Waals surface area (Å²) in [6, 6.07) is 25.6. The quantitative estimate of drug-likeness (QED) is 0.00940. The van der Waals surface area contributed by atoms with E-state index in [0.717, 1.165) is 68.5 Å². The van der Waals surface area contributed by atoms with Crippen LogP contribution in [0, 0.1) is 0 Å². The Kier molecular flexibility index (Phi) is 29.0. The minimum Gasteiger partial charge on any atom is -0.481 e. The second-order valence-electron chi connectivity index (χ2n) is 24.4. The van der Waals surface area contributed by atoms with Gasteiger partial charge in [0.05, 0.1) is 12.5 Å². The maximum Gasteiger partial charge on any atom is 0.442 e. The van der Waals surface area contributed by atoms with E-state index < -0.39 is 153 Å². The molecule has 12 N–H and O–H groups in total. The van der Waals surface area contributed by atoms with Gasteiger partial charge in [-0.3, -0.25) is 33.1 Å². The zero-order valence-corrected chi connectivity index (χ0v) is 63.9. The SMILES string of the molecule is BrCc1cc(Br)cc(C2N=N2)c1.CC(C)(C)OC(=O)C[C@H](NC(=O)OCC1c2ccccc2-c2ccccc21)C(=O)O.NC(=O)[C@H](Cc1ccc(C(F)(F)P(=O)(O)O)cc1)NC(=O)[C@H](Cc1ccc(C(F)(F)P(=O)(O)O)cc1)NC(=O)[C@H](CCC(=O)O)NCc1cc(Br)cc(C2(C(F)(F)F)N=N2)c1.[W]. The molecule has 4 atom stereocenters. The van der Waals surface area contributed by atoms with Crippen molar-refractivity contribution >= 4 is 105 Å². The van der Waals surface area contributed by atoms with E-state index in [2.05, 4.69) is 108 Å². The van der Waals surface area contributed by atoms with E-state index in [4.69, 9.17) is 34.8 Å². The Morgan fingerprint density at radius 1 is 0.625 bits per heavy atom. The van der Waals surface area contributed by atoms with Crippen LogP contribution in [0.3, 0.4) is 0 Å². The van der Waals surface area contributed by atoms with Crippen molar-refractivity contribution in [3.8, 4) is 11.1 Å². The summed E-state index contributed by atoms with van der Waals surface area (Å²) >= 11 is 9.97. The first kappa shape index (κ1) is 85.4. The molecule has 0 bridgehead atoms. The Hall–Kier alpha value is -7.49. The zero-order valence-electron chi connectivity index (χ0n) is 54.4. The number of ether oxygens (including phenoxy) is 2. The van der Waals surface area contributed by atoms with Gasteiger partial charge in [-0.1, -0.05) is 151 Å². The van der Waals surface area contributed by atoms with Gasteiger partial charge in [0.15, 0.2) is 0 Å². The average Bonchev–Trinajstić information content (AvgIpc) is 1.58. The molecule has 2 aliphatic heterocycles. The van der Waals surface area contributed by atoms with E-state index in [0.29, 0.717) is 24.3 Å². The average molecular weight is 1860 g/mol. The number of nitrogens with two attached hydrogens (primary N) is 1. The molecule has 558 valence electrons. The van der Waals surface area contributed by atoms with Crippen LogP contribution in [0.5, 0.6) is 0 Å². The summed E-state index contributed by atoms with van der Waals surface area (Å²) in [6.07, 6.45) is -8.40. The maximum absolute atomic E-state index is 14.3. The number of fused-ring (bicyclic) bond motifs is 3. The second kappa shape index (κ2) is 35.3. The van der Waals surface area contributed by atoms with Crippen molar-refractivity contribution in [3.05, 3.63) is 198 Å². The number of esters is 1. The summed E-state index contributed by atoms with van der Waals surface area (Å²) < 4.78 is 133. The predicted octanol–water partition coefficient (Wildman–Crippen LogP) is 11.9. The van der Waals surface area contributed by atoms with Gasteiger partial charge in [-0.25, -0.2) is 9.59 Å². The van der Waals surface area contributed by atoms with E-state index in [1.807, 2.05) is 48.5 Å². The van der Waals surface area contributed by atoms with Gasteiger partial charge in [0.2, 0.25) is 23.9 Å². The molecule has 4 amide bonds. The number of aliphatic carboxylic acids is 2. The fraction of sp³-hybridized carbons (Fsp3) is 0.338. The van der Waals surface area contributed by atoms with E-state index >= 15 is 0 Å². The third kappa shape index (κ3) is 23.0. The number of halogens is 10. The van der Waals surface area contributed by atoms with E-state index in [9.17, 15) is 83.6 Å². The van der Waals surface area contributed by atoms with E-state index in [-0.39, 0.29) is 73.0 Å². The summed E-state index contributed by atoms with van der Waals surface area (Å²) in [4.78, 5) is 123. The van der Waals surface area contributed by atoms with E-state index in [1.165, 1.54) is 17.2 Å². The molecule has 0 radical (unpaired) electrons. The topological polar surface area (TPSA) is 417 Å². The van der Waals surface area contributed by atoms with Crippen molar-refractivity contribution in [2.75, 3.05) is 6.61 Å². The van der Waals surface area contributed by atoms with Gasteiger partial charge in [-0.2, -0.15) is 41.0 Å². The number of primary amides is 1. The number of amides is 4. The number of benzene rings is 6. The van der Waals surface area contributed by atoms with Crippen molar-refractivity contribution in [1.29, 1.82) is 0 Å². The largest absolute Gasteiger partial charge is 0.481 e. The summed E-state index contributed by atoms with van der Waals surface area (Å²) in [7, 11) is -11.9. The molecule has 6 aromatic rings. The molecule has 3 aliphatic rings. The predicted molar refractivity (Wildman–Crippen MR) is 364 cm³/mol. The Labute approximate surface area is 627 Å². The molecule has 1 aliphatic carbocycles. The van der Waals surface area contributed by atoms with Crippen molar-refractivity contribution in [2.45, 2.75) is 130 Å². The first-order valence-corrected chi connectivity index (χ1v) is 36.4. The van der Waals surface area contributed by atoms with Crippen LogP contribution in [0.15, 0.2) is 163 Å². The first-order chi connectivity index (χ1) is 47.9. The zero-order chi connectivity index (χ0) is 76.4. The molecule has 0 saturated carbocycles. The number of carbonyl (C=O) groups excluding carboxylic acids is 5. The monoisotopic (exact) mass is 1860 g/mol. The van der Waals surface area contributed by atoms with Crippen LogP contribution >= 0.6 is 63.0 Å². The van der Waals surface area contributed by atoms with Crippen LogP contribution in [-0.2, 0) is 110 Å². The van der Waals surface area contributed by atoms with Crippen molar-refractivity contribution in [3.63, 3.8) is 0 Å². The number of rotatable bonds is 28. The van der Waals surface area contributed by atoms with Gasteiger partial charge in [-0.05, 0) is 102 Å². The number of hydrogen-bond donors (Lipinski definition) is 11. The Morgan fingerprint density at radius 3 is 1.56 bits per heavy atom. The molecule has 26 nitrogen and oxygen atoms in total. The molecule has 0 aromatic heterocycles. The number of nitrogens with one attached hydrogen (secondary N) is 4. The molecule has 0 unspecified atom stereocenters. The van der Waals surface area contributed by atoms with Crippen LogP contribution in [0.25, 0.3) is 11.1 Å². The summed E-state index contributed by atoms with van der Waals surface area (Å²) in [5.74, 6) is -7.05. The molecule has 2 heterocycles. The summed E-state index contributed by atoms with van der Waals surface area (Å²) in [5.41, 5.74) is -3.00. The third-order valence-corrected chi connectivity index (χ3v) is 19.0. The molecular formula is C65H65Br3F7N9O17P2W. The summed E-state index contributed by atoms with van der Waals surface area (Å²) in [5, 5.41) is 43.2. The molecule has 0 spiro atoms. The molecule has 104 heavy (non-hydrogen) atoms. The fourth-order valence-corrected chi connectivity index (χ4v) is 12.7. The Bertz CT molecular complexity index is 4270. The van der Waals surface area contributed by atoms with Crippen LogP contribution in [0.2, 0.25) is 0 Å². The minimum absolute atomic E-state index is 0. The first-order valence-electron chi connectivity index (χ1n) is 30.5. The molecule has 39 heteroatoms. The summed E-state index contributed by atoms with van der Waals surface area (Å²) in [6.45, 7) is 4.73. The van der Waals surface area contributed by atoms with Gasteiger partial charge >= 0.3 is 62.4 Å². The van der Waals surface area contributed by atoms with Gasteiger partial charge in [0.1, 0.15) is 30.3 Å². The fourth-order valence-electron chi connectivity index (χ4n) is 10.3. The molecule has 6 aromatic carbocycles. The van der Waals surface area contributed by atoms with Gasteiger partial charge < -0.3 is 66.3 Å². The number of alkyl halides is 8. The van der Waals surface area contributed by atoms with Gasteiger partial charge in [-0.15, -0.1) is 10.2 Å². The van der Waals surface area contributed by atoms with Crippen LogP contribution in [0.4, 0.5) is 35.5 Å². The number of carbonyl (C=O) groups is 7.